The molecule has 1 aromatic carbocycles. The van der Waals surface area contributed by atoms with E-state index in [-0.39, 0.29) is 23.8 Å². The number of amides is 1. The summed E-state index contributed by atoms with van der Waals surface area (Å²) in [6.07, 6.45) is 2.02. The van der Waals surface area contributed by atoms with E-state index in [0.717, 1.165) is 38.0 Å². The van der Waals surface area contributed by atoms with Crippen LogP contribution in [0.2, 0.25) is 0 Å². The quantitative estimate of drug-likeness (QED) is 0.905. The Kier molecular flexibility index (Phi) is 3.70. The fraction of sp³-hybridized carbons (Fsp3) is 0.500. The number of nitrogens with one attached hydrogen (secondary N) is 1. The molecule has 3 rings (SSSR count). The molecule has 0 aromatic heterocycles. The highest BCUT2D eigenvalue weighted by Gasteiger charge is 2.41. The van der Waals surface area contributed by atoms with E-state index in [1.54, 1.807) is 0 Å². The molecule has 3 atom stereocenters. The molecule has 2 heterocycles. The number of fused-ring (bicyclic) bond motifs is 1. The summed E-state index contributed by atoms with van der Waals surface area (Å²) in [6.45, 7) is 2.44. The Morgan fingerprint density at radius 1 is 1.40 bits per heavy atom. The fourth-order valence-electron chi connectivity index (χ4n) is 3.41. The summed E-state index contributed by atoms with van der Waals surface area (Å²) in [5, 5.41) is 12.4. The molecule has 2 aliphatic heterocycles. The molecular weight excluding hydrogens is 250 g/mol. The second-order valence-corrected chi connectivity index (χ2v) is 5.65. The largest absolute Gasteiger partial charge is 0.354 e. The first-order chi connectivity index (χ1) is 9.79. The third-order valence-electron chi connectivity index (χ3n) is 4.49. The number of carbonyl (C=O) groups excluding carboxylic acids is 1. The van der Waals surface area contributed by atoms with Crippen molar-refractivity contribution in [3.8, 4) is 6.07 Å². The van der Waals surface area contributed by atoms with Gasteiger partial charge in [0.15, 0.2) is 0 Å². The van der Waals surface area contributed by atoms with Crippen molar-refractivity contribution in [3.63, 3.8) is 0 Å². The molecule has 1 N–H and O–H groups in total. The maximum atomic E-state index is 11.8. The van der Waals surface area contributed by atoms with Gasteiger partial charge in [-0.05, 0) is 24.9 Å². The van der Waals surface area contributed by atoms with Gasteiger partial charge >= 0.3 is 0 Å². The van der Waals surface area contributed by atoms with Crippen LogP contribution < -0.4 is 5.32 Å². The standard InChI is InChI=1S/C16H19N3O/c17-9-13(12-5-2-1-3-6-12)11-19-8-4-7-14-15(19)10-18-16(14)20/h1-3,5-6,13-15H,4,7-8,10-11H2,(H,18,20). The lowest BCUT2D eigenvalue weighted by molar-refractivity contribution is -0.124. The van der Waals surface area contributed by atoms with Gasteiger partial charge in [-0.15, -0.1) is 0 Å². The average molecular weight is 269 g/mol. The summed E-state index contributed by atoms with van der Waals surface area (Å²) in [5.74, 6) is 0.192. The first-order valence-corrected chi connectivity index (χ1v) is 7.26. The van der Waals surface area contributed by atoms with Crippen LogP contribution in [0.3, 0.4) is 0 Å². The second-order valence-electron chi connectivity index (χ2n) is 5.65. The van der Waals surface area contributed by atoms with Crippen LogP contribution in [0.4, 0.5) is 0 Å². The van der Waals surface area contributed by atoms with Crippen LogP contribution in [-0.2, 0) is 4.79 Å². The van der Waals surface area contributed by atoms with E-state index in [9.17, 15) is 10.1 Å². The molecule has 104 valence electrons. The molecule has 4 heteroatoms. The van der Waals surface area contributed by atoms with Crippen molar-refractivity contribution >= 4 is 5.91 Å². The summed E-state index contributed by atoms with van der Waals surface area (Å²) in [6, 6.07) is 12.6. The molecule has 20 heavy (non-hydrogen) atoms. The predicted octanol–water partition coefficient (Wildman–Crippen LogP) is 1.50. The lowest BCUT2D eigenvalue weighted by atomic mass is 9.90. The molecule has 0 bridgehead atoms. The minimum absolute atomic E-state index is 0.120. The first-order valence-electron chi connectivity index (χ1n) is 7.26. The van der Waals surface area contributed by atoms with Crippen LogP contribution in [0.5, 0.6) is 0 Å². The summed E-state index contributed by atoms with van der Waals surface area (Å²) in [7, 11) is 0. The van der Waals surface area contributed by atoms with E-state index in [1.807, 2.05) is 30.3 Å². The fourth-order valence-corrected chi connectivity index (χ4v) is 3.41. The molecular formula is C16H19N3O. The molecule has 0 saturated carbocycles. The minimum Gasteiger partial charge on any atom is -0.354 e. The van der Waals surface area contributed by atoms with Crippen LogP contribution in [0, 0.1) is 17.2 Å². The highest BCUT2D eigenvalue weighted by atomic mass is 16.2. The molecule has 0 radical (unpaired) electrons. The topological polar surface area (TPSA) is 56.1 Å². The zero-order chi connectivity index (χ0) is 13.9. The van der Waals surface area contributed by atoms with Gasteiger partial charge < -0.3 is 5.32 Å². The molecule has 0 spiro atoms. The molecule has 2 fully saturated rings. The van der Waals surface area contributed by atoms with Crippen LogP contribution in [0.15, 0.2) is 30.3 Å². The molecule has 2 aliphatic rings. The van der Waals surface area contributed by atoms with E-state index in [1.165, 1.54) is 0 Å². The van der Waals surface area contributed by atoms with Gasteiger partial charge in [0.05, 0.1) is 17.9 Å². The van der Waals surface area contributed by atoms with Crippen molar-refractivity contribution in [2.75, 3.05) is 19.6 Å². The number of nitrogens with zero attached hydrogens (tertiary/aromatic N) is 2. The summed E-state index contributed by atoms with van der Waals surface area (Å²) >= 11 is 0. The third-order valence-corrected chi connectivity index (χ3v) is 4.49. The zero-order valence-electron chi connectivity index (χ0n) is 11.5. The van der Waals surface area contributed by atoms with Gasteiger partial charge in [-0.3, -0.25) is 9.69 Å². The van der Waals surface area contributed by atoms with Crippen molar-refractivity contribution in [3.05, 3.63) is 35.9 Å². The van der Waals surface area contributed by atoms with Crippen LogP contribution in [0.1, 0.15) is 24.3 Å². The summed E-state index contributed by atoms with van der Waals surface area (Å²) in [5.41, 5.74) is 1.06. The molecule has 4 nitrogen and oxygen atoms in total. The highest BCUT2D eigenvalue weighted by Crippen LogP contribution is 2.29. The number of hydrogen-bond donors (Lipinski definition) is 1. The van der Waals surface area contributed by atoms with Gasteiger partial charge in [0.1, 0.15) is 0 Å². The SMILES string of the molecule is N#CC(CN1CCCC2C(=O)NCC21)c1ccccc1. The molecule has 2 saturated heterocycles. The number of nitriles is 1. The average Bonchev–Trinajstić information content (AvgIpc) is 2.88. The van der Waals surface area contributed by atoms with Gasteiger partial charge in [0.2, 0.25) is 5.91 Å². The molecule has 0 aliphatic carbocycles. The Hall–Kier alpha value is -1.86. The van der Waals surface area contributed by atoms with Crippen molar-refractivity contribution < 1.29 is 4.79 Å². The van der Waals surface area contributed by atoms with Crippen LogP contribution in [-0.4, -0.2) is 36.5 Å². The van der Waals surface area contributed by atoms with Gasteiger partial charge in [-0.1, -0.05) is 30.3 Å². The Labute approximate surface area is 119 Å². The van der Waals surface area contributed by atoms with Gasteiger partial charge in [-0.2, -0.15) is 5.26 Å². The number of rotatable bonds is 3. The van der Waals surface area contributed by atoms with Gasteiger partial charge in [0, 0.05) is 19.1 Å². The van der Waals surface area contributed by atoms with Crippen molar-refractivity contribution in [2.45, 2.75) is 24.8 Å². The highest BCUT2D eigenvalue weighted by molar-refractivity contribution is 5.82. The van der Waals surface area contributed by atoms with E-state index in [4.69, 9.17) is 0 Å². The normalized spacial score (nSPS) is 27.4. The monoisotopic (exact) mass is 269 g/mol. The number of benzene rings is 1. The predicted molar refractivity (Wildman–Crippen MR) is 75.9 cm³/mol. The number of likely N-dealkylation sites (tertiary alicyclic amines) is 1. The van der Waals surface area contributed by atoms with Gasteiger partial charge in [-0.25, -0.2) is 0 Å². The van der Waals surface area contributed by atoms with E-state index in [2.05, 4.69) is 16.3 Å². The summed E-state index contributed by atoms with van der Waals surface area (Å²) in [4.78, 5) is 14.1. The molecule has 1 amide bonds. The molecule has 3 unspecified atom stereocenters. The summed E-state index contributed by atoms with van der Waals surface area (Å²) < 4.78 is 0. The maximum Gasteiger partial charge on any atom is 0.224 e. The number of piperidine rings is 1. The third kappa shape index (κ3) is 2.41. The minimum atomic E-state index is -0.120. The van der Waals surface area contributed by atoms with Crippen molar-refractivity contribution in [2.24, 2.45) is 5.92 Å². The van der Waals surface area contributed by atoms with Crippen LogP contribution >= 0.6 is 0 Å². The van der Waals surface area contributed by atoms with Crippen molar-refractivity contribution in [1.82, 2.24) is 10.2 Å². The Morgan fingerprint density at radius 3 is 2.95 bits per heavy atom. The van der Waals surface area contributed by atoms with E-state index < -0.39 is 0 Å². The van der Waals surface area contributed by atoms with Crippen molar-refractivity contribution in [1.29, 1.82) is 5.26 Å². The van der Waals surface area contributed by atoms with E-state index >= 15 is 0 Å². The Morgan fingerprint density at radius 2 is 2.20 bits per heavy atom. The Bertz CT molecular complexity index is 522. The van der Waals surface area contributed by atoms with Gasteiger partial charge in [0.25, 0.3) is 0 Å². The van der Waals surface area contributed by atoms with E-state index in [0.29, 0.717) is 0 Å². The Balaban J connectivity index is 1.73. The maximum absolute atomic E-state index is 11.8. The first kappa shape index (κ1) is 13.1. The smallest absolute Gasteiger partial charge is 0.224 e. The lowest BCUT2D eigenvalue weighted by Gasteiger charge is -2.36. The second kappa shape index (κ2) is 5.64. The lowest BCUT2D eigenvalue weighted by Crippen LogP contribution is -2.47. The zero-order valence-corrected chi connectivity index (χ0v) is 11.5. The number of hydrogen-bond acceptors (Lipinski definition) is 3. The van der Waals surface area contributed by atoms with Crippen LogP contribution in [0.25, 0.3) is 0 Å². The molecule has 1 aromatic rings. The number of carbonyl (C=O) groups is 1.